The topological polar surface area (TPSA) is 42.0 Å². The van der Waals surface area contributed by atoms with Crippen molar-refractivity contribution >= 4 is 49.5 Å². The number of para-hydroxylation sites is 8. The van der Waals surface area contributed by atoms with Crippen LogP contribution in [0.5, 0.6) is 23.0 Å². The van der Waals surface area contributed by atoms with E-state index < -0.39 is 9.52 Å². The van der Waals surface area contributed by atoms with Crippen molar-refractivity contribution in [2.45, 2.75) is 9.79 Å². The number of ether oxygens (including phenoxy) is 2. The average molecular weight is 579 g/mol. The molecule has 0 amide bonds. The number of hydrogen-bond donors (Lipinski definition) is 0. The van der Waals surface area contributed by atoms with Crippen LogP contribution in [0.4, 0.5) is 34.1 Å². The van der Waals surface area contributed by atoms with Crippen LogP contribution in [-0.4, -0.2) is 10.1 Å². The van der Waals surface area contributed by atoms with Gasteiger partial charge in [0.25, 0.3) is 0 Å². The second-order valence-corrected chi connectivity index (χ2v) is 12.7. The standard InChI is InChI=1S/C37H26N2O3S/c1-43(40,28-22-18-26(19-23-28)38-30-10-2-6-14-34(30)41-35-15-7-3-11-31(35)38)29-24-20-27(21-25-29)39-32-12-4-8-16-36(32)42-37-17-9-5-13-33(37)39/h2-25H,1H2. The van der Waals surface area contributed by atoms with Crippen molar-refractivity contribution in [3.8, 4) is 23.0 Å². The highest BCUT2D eigenvalue weighted by molar-refractivity contribution is 8.00. The van der Waals surface area contributed by atoms with E-state index in [1.165, 1.54) is 0 Å². The maximum Gasteiger partial charge on any atom is 0.151 e. The van der Waals surface area contributed by atoms with Crippen LogP contribution in [-0.2, 0) is 9.52 Å². The smallest absolute Gasteiger partial charge is 0.151 e. The van der Waals surface area contributed by atoms with E-state index in [0.717, 1.165) is 57.1 Å². The highest BCUT2D eigenvalue weighted by Gasteiger charge is 2.27. The number of fused-ring (bicyclic) bond motifs is 4. The molecule has 0 saturated carbocycles. The van der Waals surface area contributed by atoms with E-state index in [4.69, 9.17) is 9.47 Å². The van der Waals surface area contributed by atoms with Gasteiger partial charge in [-0.05, 0) is 103 Å². The van der Waals surface area contributed by atoms with Gasteiger partial charge in [-0.15, -0.1) is 0 Å². The molecular weight excluding hydrogens is 552 g/mol. The van der Waals surface area contributed by atoms with Crippen LogP contribution in [0.2, 0.25) is 0 Å². The predicted molar refractivity (Wildman–Crippen MR) is 174 cm³/mol. The Kier molecular flexibility index (Phi) is 5.77. The van der Waals surface area contributed by atoms with Crippen molar-refractivity contribution in [1.29, 1.82) is 0 Å². The molecule has 6 aromatic carbocycles. The Balaban J connectivity index is 1.13. The molecule has 2 heterocycles. The van der Waals surface area contributed by atoms with Crippen LogP contribution in [0.25, 0.3) is 0 Å². The van der Waals surface area contributed by atoms with E-state index in [1.807, 2.05) is 146 Å². The molecule has 5 nitrogen and oxygen atoms in total. The van der Waals surface area contributed by atoms with Crippen LogP contribution in [0.15, 0.2) is 155 Å². The number of rotatable bonds is 4. The van der Waals surface area contributed by atoms with Gasteiger partial charge in [-0.1, -0.05) is 48.5 Å². The fourth-order valence-corrected chi connectivity index (χ4v) is 7.16. The van der Waals surface area contributed by atoms with Crippen molar-refractivity contribution in [3.63, 3.8) is 0 Å². The second-order valence-electron chi connectivity index (χ2n) is 10.4. The van der Waals surface area contributed by atoms with E-state index in [9.17, 15) is 4.21 Å². The first-order valence-electron chi connectivity index (χ1n) is 14.0. The van der Waals surface area contributed by atoms with Crippen molar-refractivity contribution in [3.05, 3.63) is 146 Å². The number of hydrogen-bond acceptors (Lipinski definition) is 5. The molecule has 0 radical (unpaired) electrons. The van der Waals surface area contributed by atoms with Crippen molar-refractivity contribution in [1.82, 2.24) is 0 Å². The molecule has 0 atom stereocenters. The van der Waals surface area contributed by atoms with Gasteiger partial charge < -0.3 is 19.3 Å². The van der Waals surface area contributed by atoms with Gasteiger partial charge >= 0.3 is 0 Å². The van der Waals surface area contributed by atoms with Gasteiger partial charge in [-0.2, -0.15) is 0 Å². The molecule has 0 N–H and O–H groups in total. The van der Waals surface area contributed by atoms with E-state index in [2.05, 4.69) is 15.7 Å². The third-order valence-electron chi connectivity index (χ3n) is 7.82. The lowest BCUT2D eigenvalue weighted by molar-refractivity contribution is 0.477. The highest BCUT2D eigenvalue weighted by Crippen LogP contribution is 2.51. The second kappa shape index (κ2) is 9.82. The molecule has 0 bridgehead atoms. The maximum absolute atomic E-state index is 14.2. The van der Waals surface area contributed by atoms with E-state index >= 15 is 0 Å². The molecule has 0 aliphatic carbocycles. The molecule has 0 saturated heterocycles. The SMILES string of the molecule is C=S(=O)(c1ccc(N2c3ccccc3Oc3ccccc32)cc1)c1ccc(N2c3ccccc3Oc3ccccc32)cc1. The van der Waals surface area contributed by atoms with Crippen LogP contribution in [0, 0.1) is 0 Å². The van der Waals surface area contributed by atoms with E-state index in [1.54, 1.807) is 0 Å². The first-order valence-corrected chi connectivity index (χ1v) is 15.7. The largest absolute Gasteiger partial charge is 0.453 e. The first kappa shape index (κ1) is 25.3. The lowest BCUT2D eigenvalue weighted by Crippen LogP contribution is -2.16. The minimum absolute atomic E-state index is 0.667. The Morgan fingerprint density at radius 3 is 1.00 bits per heavy atom. The molecule has 6 aromatic rings. The highest BCUT2D eigenvalue weighted by atomic mass is 32.2. The summed E-state index contributed by atoms with van der Waals surface area (Å²) in [6, 6.07) is 47.5. The van der Waals surface area contributed by atoms with Gasteiger partial charge in [-0.25, -0.2) is 0 Å². The minimum Gasteiger partial charge on any atom is -0.453 e. The summed E-state index contributed by atoms with van der Waals surface area (Å²) >= 11 is 0. The van der Waals surface area contributed by atoms with Crippen LogP contribution in [0.1, 0.15) is 0 Å². The van der Waals surface area contributed by atoms with Gasteiger partial charge in [0.05, 0.1) is 22.7 Å². The summed E-state index contributed by atoms with van der Waals surface area (Å²) < 4.78 is 26.5. The molecule has 0 unspecified atom stereocenters. The van der Waals surface area contributed by atoms with Gasteiger partial charge in [0.15, 0.2) is 23.0 Å². The number of benzene rings is 6. The third kappa shape index (κ3) is 4.15. The Hall–Kier alpha value is -5.46. The predicted octanol–water partition coefficient (Wildman–Crippen LogP) is 9.97. The zero-order valence-corrected chi connectivity index (χ0v) is 23.9. The van der Waals surface area contributed by atoms with Gasteiger partial charge in [-0.3, -0.25) is 4.21 Å². The molecule has 6 heteroatoms. The van der Waals surface area contributed by atoms with E-state index in [0.29, 0.717) is 9.79 Å². The molecule has 43 heavy (non-hydrogen) atoms. The van der Waals surface area contributed by atoms with Gasteiger partial charge in [0, 0.05) is 30.7 Å². The molecule has 2 aliphatic heterocycles. The van der Waals surface area contributed by atoms with Crippen LogP contribution in [0.3, 0.4) is 0 Å². The van der Waals surface area contributed by atoms with Gasteiger partial charge in [0.2, 0.25) is 0 Å². The van der Waals surface area contributed by atoms with Crippen molar-refractivity contribution in [2.24, 2.45) is 0 Å². The van der Waals surface area contributed by atoms with E-state index in [-0.39, 0.29) is 0 Å². The number of nitrogens with zero attached hydrogens (tertiary/aromatic N) is 2. The molecule has 8 rings (SSSR count). The Morgan fingerprint density at radius 2 is 0.698 bits per heavy atom. The van der Waals surface area contributed by atoms with Crippen molar-refractivity contribution < 1.29 is 13.7 Å². The lowest BCUT2D eigenvalue weighted by Gasteiger charge is -2.33. The minimum atomic E-state index is -2.76. The molecule has 0 aromatic heterocycles. The molecule has 0 fully saturated rings. The fourth-order valence-electron chi connectivity index (χ4n) is 5.73. The Morgan fingerprint density at radius 1 is 0.419 bits per heavy atom. The van der Waals surface area contributed by atoms with Crippen LogP contribution >= 0.6 is 0 Å². The first-order chi connectivity index (χ1) is 21.1. The zero-order valence-electron chi connectivity index (χ0n) is 23.1. The molecule has 208 valence electrons. The monoisotopic (exact) mass is 578 g/mol. The maximum atomic E-state index is 14.2. The molecular formula is C37H26N2O3S. The van der Waals surface area contributed by atoms with Gasteiger partial charge in [0.1, 0.15) is 0 Å². The lowest BCUT2D eigenvalue weighted by atomic mass is 10.1. The number of anilines is 6. The quantitative estimate of drug-likeness (QED) is 0.194. The summed E-state index contributed by atoms with van der Waals surface area (Å²) in [6.07, 6.45) is 0. The summed E-state index contributed by atoms with van der Waals surface area (Å²) in [4.78, 5) is 5.66. The fraction of sp³-hybridized carbons (Fsp3) is 0. The summed E-state index contributed by atoms with van der Waals surface area (Å²) in [5.74, 6) is 7.35. The Labute approximate surface area is 250 Å². The summed E-state index contributed by atoms with van der Waals surface area (Å²) in [6.45, 7) is 0. The molecule has 2 aliphatic rings. The van der Waals surface area contributed by atoms with Crippen LogP contribution < -0.4 is 19.3 Å². The summed E-state index contributed by atoms with van der Waals surface area (Å²) in [7, 11) is -2.76. The molecule has 0 spiro atoms. The zero-order chi connectivity index (χ0) is 29.0. The normalized spacial score (nSPS) is 13.1. The van der Waals surface area contributed by atoms with Crippen molar-refractivity contribution in [2.75, 3.05) is 9.80 Å². The Bertz CT molecular complexity index is 1870. The third-order valence-corrected chi connectivity index (χ3v) is 9.88. The summed E-state index contributed by atoms with van der Waals surface area (Å²) in [5, 5.41) is 0. The average Bonchev–Trinajstić information content (AvgIpc) is 3.06. The summed E-state index contributed by atoms with van der Waals surface area (Å²) in [5.41, 5.74) is 5.69.